The van der Waals surface area contributed by atoms with Gasteiger partial charge in [0.05, 0.1) is 10.6 Å². The van der Waals surface area contributed by atoms with E-state index in [9.17, 15) is 12.6 Å². The lowest BCUT2D eigenvalue weighted by Crippen LogP contribution is -2.11. The average Bonchev–Trinajstić information content (AvgIpc) is 3.03. The molecule has 1 N–H and O–H groups in total. The van der Waals surface area contributed by atoms with E-state index in [4.69, 9.17) is 0 Å². The highest BCUT2D eigenvalue weighted by Crippen LogP contribution is 2.28. The smallest absolute Gasteiger partial charge is 0.184 e. The number of nitrogens with one attached hydrogen (secondary N) is 1. The van der Waals surface area contributed by atoms with Gasteiger partial charge in [0.2, 0.25) is 0 Å². The van der Waals surface area contributed by atoms with Gasteiger partial charge in [-0.25, -0.2) is 17.6 Å². The Morgan fingerprint density at radius 2 is 1.89 bits per heavy atom. The van der Waals surface area contributed by atoms with E-state index < -0.39 is 20.8 Å². The minimum absolute atomic E-state index is 0.0421. The molecule has 1 unspecified atom stereocenters. The van der Waals surface area contributed by atoms with Crippen LogP contribution in [0.3, 0.4) is 0 Å². The molecule has 0 aliphatic heterocycles. The van der Waals surface area contributed by atoms with Gasteiger partial charge in [0, 0.05) is 19.5 Å². The Hall–Kier alpha value is -2.66. The third-order valence-electron chi connectivity index (χ3n) is 3.80. The monoisotopic (exact) mass is 406 g/mol. The third kappa shape index (κ3) is 3.88. The molecule has 0 radical (unpaired) electrons. The summed E-state index contributed by atoms with van der Waals surface area (Å²) >= 11 is 0. The van der Waals surface area contributed by atoms with Gasteiger partial charge in [0.15, 0.2) is 21.5 Å². The predicted octanol–water partition coefficient (Wildman–Crippen LogP) is 1.44. The number of rotatable bonds is 6. The molecule has 0 aliphatic rings. The molecule has 0 bridgehead atoms. The zero-order valence-electron chi connectivity index (χ0n) is 14.9. The highest BCUT2D eigenvalue weighted by atomic mass is 32.2. The number of pyridine rings is 2. The van der Waals surface area contributed by atoms with Crippen LogP contribution in [0, 0.1) is 0 Å². The molecule has 3 rings (SSSR count). The summed E-state index contributed by atoms with van der Waals surface area (Å²) in [5, 5.41) is 8.27. The minimum atomic E-state index is -3.56. The maximum atomic E-state index is 12.5. The molecule has 3 heterocycles. The summed E-state index contributed by atoms with van der Waals surface area (Å²) in [4.78, 5) is 8.63. The second-order valence-electron chi connectivity index (χ2n) is 5.62. The second-order valence-corrected chi connectivity index (χ2v) is 8.98. The van der Waals surface area contributed by atoms with Gasteiger partial charge in [0.25, 0.3) is 0 Å². The molecule has 3 aromatic heterocycles. The van der Waals surface area contributed by atoms with Crippen molar-refractivity contribution in [3.8, 4) is 23.0 Å². The van der Waals surface area contributed by atoms with Gasteiger partial charge in [0.1, 0.15) is 28.2 Å². The molecule has 0 saturated heterocycles. The van der Waals surface area contributed by atoms with Crippen LogP contribution >= 0.6 is 0 Å². The predicted molar refractivity (Wildman–Crippen MR) is 103 cm³/mol. The van der Waals surface area contributed by atoms with Crippen LogP contribution in [0.25, 0.3) is 23.0 Å². The molecule has 142 valence electrons. The molecule has 0 spiro atoms. The molecule has 27 heavy (non-hydrogen) atoms. The van der Waals surface area contributed by atoms with Crippen LogP contribution in [-0.2, 0) is 27.9 Å². The quantitative estimate of drug-likeness (QED) is 0.657. The fourth-order valence-electron chi connectivity index (χ4n) is 2.47. The zero-order valence-corrected chi connectivity index (χ0v) is 16.6. The van der Waals surface area contributed by atoms with Crippen LogP contribution in [0.5, 0.6) is 0 Å². The number of aromatic nitrogens is 5. The van der Waals surface area contributed by atoms with E-state index in [0.29, 0.717) is 11.5 Å². The van der Waals surface area contributed by atoms with E-state index in [1.807, 2.05) is 6.07 Å². The lowest BCUT2D eigenvalue weighted by molar-refractivity contribution is 0.597. The number of hydrogen-bond acceptors (Lipinski definition) is 7. The number of sulfone groups is 1. The summed E-state index contributed by atoms with van der Waals surface area (Å²) in [6.07, 6.45) is 3.09. The van der Waals surface area contributed by atoms with Gasteiger partial charge < -0.3 is 4.57 Å². The van der Waals surface area contributed by atoms with Crippen molar-refractivity contribution in [2.75, 3.05) is 16.7 Å². The molecule has 11 heteroatoms. The Kier molecular flexibility index (Phi) is 5.33. The van der Waals surface area contributed by atoms with Crippen LogP contribution in [-0.4, -0.2) is 49.4 Å². The molecular weight excluding hydrogens is 388 g/mol. The first-order valence-corrected chi connectivity index (χ1v) is 11.2. The molecule has 0 aliphatic carbocycles. The summed E-state index contributed by atoms with van der Waals surface area (Å²) in [7, 11) is -3.20. The average molecular weight is 406 g/mol. The highest BCUT2D eigenvalue weighted by Gasteiger charge is 2.24. The van der Waals surface area contributed by atoms with E-state index in [0.717, 1.165) is 0 Å². The van der Waals surface area contributed by atoms with Crippen LogP contribution < -0.4 is 4.72 Å². The number of nitrogens with zero attached hydrogens (tertiary/aromatic N) is 5. The normalized spacial score (nSPS) is 12.7. The van der Waals surface area contributed by atoms with Crippen molar-refractivity contribution in [2.45, 2.75) is 11.8 Å². The van der Waals surface area contributed by atoms with Crippen molar-refractivity contribution >= 4 is 26.6 Å². The van der Waals surface area contributed by atoms with Crippen LogP contribution in [0.1, 0.15) is 6.92 Å². The van der Waals surface area contributed by atoms with E-state index in [-0.39, 0.29) is 28.0 Å². The van der Waals surface area contributed by atoms with E-state index in [1.165, 1.54) is 18.4 Å². The van der Waals surface area contributed by atoms with Crippen molar-refractivity contribution in [2.24, 2.45) is 7.05 Å². The Morgan fingerprint density at radius 1 is 1.15 bits per heavy atom. The molecule has 3 aromatic rings. The summed E-state index contributed by atoms with van der Waals surface area (Å²) in [6.45, 7) is 1.56. The second kappa shape index (κ2) is 7.53. The van der Waals surface area contributed by atoms with Gasteiger partial charge in [-0.05, 0) is 24.3 Å². The molecule has 0 aromatic carbocycles. The van der Waals surface area contributed by atoms with Crippen LogP contribution in [0.15, 0.2) is 41.4 Å². The van der Waals surface area contributed by atoms with Crippen LogP contribution in [0.2, 0.25) is 0 Å². The fraction of sp³-hybridized carbons (Fsp3) is 0.250. The topological polar surface area (TPSA) is 120 Å². The van der Waals surface area contributed by atoms with E-state index >= 15 is 0 Å². The maximum Gasteiger partial charge on any atom is 0.184 e. The first-order valence-electron chi connectivity index (χ1n) is 7.98. The zero-order chi connectivity index (χ0) is 19.6. The Labute approximate surface area is 159 Å². The molecule has 0 fully saturated rings. The van der Waals surface area contributed by atoms with Crippen molar-refractivity contribution < 1.29 is 12.6 Å². The maximum absolute atomic E-state index is 12.5. The fourth-order valence-corrected chi connectivity index (χ4v) is 3.90. The summed E-state index contributed by atoms with van der Waals surface area (Å²) in [5.41, 5.74) is 0.743. The highest BCUT2D eigenvalue weighted by molar-refractivity contribution is 7.91. The Bertz CT molecular complexity index is 1100. The molecule has 0 amide bonds. The Balaban J connectivity index is 2.20. The molecule has 9 nitrogen and oxygen atoms in total. The number of anilines is 1. The SMILES string of the molecule is CCS(=O)(=O)c1ccc(NS(C)=O)nc1-c1nnc(-c2ccccn2)n1C. The molecule has 0 saturated carbocycles. The van der Waals surface area contributed by atoms with Crippen molar-refractivity contribution in [3.63, 3.8) is 0 Å². The first kappa shape index (κ1) is 19.1. The third-order valence-corrected chi connectivity index (χ3v) is 6.06. The van der Waals surface area contributed by atoms with Crippen molar-refractivity contribution in [1.29, 1.82) is 0 Å². The van der Waals surface area contributed by atoms with Gasteiger partial charge in [-0.15, -0.1) is 10.2 Å². The Morgan fingerprint density at radius 3 is 2.52 bits per heavy atom. The van der Waals surface area contributed by atoms with Crippen LogP contribution in [0.4, 0.5) is 5.82 Å². The standard InChI is InChI=1S/C16H18N6O3S2/c1-4-27(24,25)12-8-9-13(21-26(3)23)18-14(12)16-20-19-15(22(16)2)11-7-5-6-10-17-11/h5-10H,4H2,1-3H3,(H,18,21). The van der Waals surface area contributed by atoms with E-state index in [2.05, 4.69) is 24.9 Å². The lowest BCUT2D eigenvalue weighted by Gasteiger charge is -2.11. The largest absolute Gasteiger partial charge is 0.307 e. The molecular formula is C16H18N6O3S2. The van der Waals surface area contributed by atoms with Gasteiger partial charge in [-0.1, -0.05) is 13.0 Å². The van der Waals surface area contributed by atoms with E-state index in [1.54, 1.807) is 36.9 Å². The minimum Gasteiger partial charge on any atom is -0.307 e. The summed E-state index contributed by atoms with van der Waals surface area (Å²) in [6, 6.07) is 8.30. The van der Waals surface area contributed by atoms with Gasteiger partial charge in [-0.2, -0.15) is 0 Å². The van der Waals surface area contributed by atoms with Crippen molar-refractivity contribution in [3.05, 3.63) is 36.5 Å². The number of hydrogen-bond donors (Lipinski definition) is 1. The molecule has 1 atom stereocenters. The first-order chi connectivity index (χ1) is 12.8. The summed E-state index contributed by atoms with van der Waals surface area (Å²) in [5.74, 6) is 0.945. The van der Waals surface area contributed by atoms with Crippen molar-refractivity contribution in [1.82, 2.24) is 24.7 Å². The summed E-state index contributed by atoms with van der Waals surface area (Å²) < 4.78 is 40.8. The van der Waals surface area contributed by atoms with Gasteiger partial charge >= 0.3 is 0 Å². The lowest BCUT2D eigenvalue weighted by atomic mass is 10.3. The van der Waals surface area contributed by atoms with Gasteiger partial charge in [-0.3, -0.25) is 9.71 Å².